The molecule has 1 saturated heterocycles. The summed E-state index contributed by atoms with van der Waals surface area (Å²) in [5.74, 6) is 12.7. The van der Waals surface area contributed by atoms with Crippen LogP contribution in [0.1, 0.15) is 26.7 Å². The Bertz CT molecular complexity index is 757. The predicted molar refractivity (Wildman–Crippen MR) is 99.3 cm³/mol. The topological polar surface area (TPSA) is 11.4 Å². The zero-order valence-electron chi connectivity index (χ0n) is 13.9. The molecule has 0 N–H and O–H groups in total. The van der Waals surface area contributed by atoms with Gasteiger partial charge in [-0.3, -0.25) is 4.90 Å². The van der Waals surface area contributed by atoms with E-state index in [1.165, 1.54) is 10.2 Å². The van der Waals surface area contributed by atoms with Crippen molar-refractivity contribution in [2.24, 2.45) is 0 Å². The summed E-state index contributed by atoms with van der Waals surface area (Å²) in [6, 6.07) is 8.92. The van der Waals surface area contributed by atoms with Gasteiger partial charge in [0, 0.05) is 32.6 Å². The first-order valence-electron chi connectivity index (χ1n) is 8.29. The lowest BCUT2D eigenvalue weighted by molar-refractivity contribution is 0.220. The zero-order valence-corrected chi connectivity index (χ0v) is 14.7. The van der Waals surface area contributed by atoms with Crippen molar-refractivity contribution in [1.82, 2.24) is 8.97 Å². The molecule has 2 heterocycles. The van der Waals surface area contributed by atoms with E-state index in [9.17, 15) is 0 Å². The van der Waals surface area contributed by atoms with Crippen LogP contribution >= 0.6 is 11.5 Å². The highest BCUT2D eigenvalue weighted by Crippen LogP contribution is 2.25. The molecule has 0 aliphatic carbocycles. The molecule has 3 rings (SSSR count). The molecule has 1 unspecified atom stereocenters. The van der Waals surface area contributed by atoms with E-state index in [1.54, 1.807) is 0 Å². The van der Waals surface area contributed by atoms with Crippen LogP contribution in [0, 0.1) is 23.7 Å². The molecule has 4 heteroatoms. The number of aromatic nitrogens is 1. The van der Waals surface area contributed by atoms with Crippen molar-refractivity contribution in [1.29, 1.82) is 0 Å². The van der Waals surface area contributed by atoms with E-state index in [2.05, 4.69) is 75.8 Å². The maximum Gasteiger partial charge on any atom is 0.0930 e. The fourth-order valence-corrected chi connectivity index (χ4v) is 3.79. The quantitative estimate of drug-likeness (QED) is 0.786. The summed E-state index contributed by atoms with van der Waals surface area (Å²) in [7, 11) is 0. The van der Waals surface area contributed by atoms with Crippen LogP contribution in [-0.2, 0) is 0 Å². The lowest BCUT2D eigenvalue weighted by atomic mass is 10.2. The maximum atomic E-state index is 3.33. The van der Waals surface area contributed by atoms with Gasteiger partial charge in [-0.2, -0.15) is 0 Å². The largest absolute Gasteiger partial charge is 0.301 e. The third-order valence-corrected chi connectivity index (χ3v) is 5.28. The third kappa shape index (κ3) is 3.72. The Morgan fingerprint density at radius 3 is 2.61 bits per heavy atom. The van der Waals surface area contributed by atoms with E-state index in [-0.39, 0.29) is 0 Å². The maximum absolute atomic E-state index is 3.33. The van der Waals surface area contributed by atoms with Crippen LogP contribution in [-0.4, -0.2) is 41.2 Å². The molecule has 23 heavy (non-hydrogen) atoms. The van der Waals surface area contributed by atoms with Crippen LogP contribution in [0.5, 0.6) is 0 Å². The number of rotatable bonds is 2. The number of nitrogens with zero attached hydrogens (tertiary/aromatic N) is 3. The van der Waals surface area contributed by atoms with Crippen LogP contribution in [0.25, 0.3) is 10.2 Å². The van der Waals surface area contributed by atoms with Crippen molar-refractivity contribution in [2.45, 2.75) is 32.7 Å². The average molecular weight is 325 g/mol. The second-order valence-corrected chi connectivity index (χ2v) is 6.67. The Morgan fingerprint density at radius 2 is 1.87 bits per heavy atom. The SMILES string of the molecule is CCC#CCC#CC(C)N1CCN(n2sc3ccccc32)CC1. The Balaban J connectivity index is 1.52. The van der Waals surface area contributed by atoms with Crippen molar-refractivity contribution in [3.05, 3.63) is 24.3 Å². The van der Waals surface area contributed by atoms with Gasteiger partial charge in [0.25, 0.3) is 0 Å². The minimum atomic E-state index is 0.317. The third-order valence-electron chi connectivity index (χ3n) is 4.14. The Morgan fingerprint density at radius 1 is 1.09 bits per heavy atom. The molecule has 3 nitrogen and oxygen atoms in total. The molecule has 1 aliphatic rings. The summed E-state index contributed by atoms with van der Waals surface area (Å²) in [4.78, 5) is 2.47. The standard InChI is InChI=1S/C19H23N3S/c1-3-4-5-6-7-10-17(2)20-13-15-21(16-14-20)22-18-11-8-9-12-19(18)23-22/h8-9,11-12,17H,3,6,13-16H2,1-2H3. The van der Waals surface area contributed by atoms with Crippen molar-refractivity contribution in [2.75, 3.05) is 31.2 Å². The molecule has 0 bridgehead atoms. The molecule has 1 aliphatic heterocycles. The molecular weight excluding hydrogens is 302 g/mol. The number of piperazine rings is 1. The molecule has 1 fully saturated rings. The summed E-state index contributed by atoms with van der Waals surface area (Å²) in [5, 5.41) is 2.44. The Kier molecular flexibility index (Phi) is 5.28. The van der Waals surface area contributed by atoms with Gasteiger partial charge in [0.05, 0.1) is 22.7 Å². The van der Waals surface area contributed by atoms with E-state index in [1.807, 2.05) is 11.5 Å². The van der Waals surface area contributed by atoms with E-state index in [4.69, 9.17) is 0 Å². The highest BCUT2D eigenvalue weighted by Gasteiger charge is 2.22. The van der Waals surface area contributed by atoms with Crippen LogP contribution in [0.3, 0.4) is 0 Å². The molecule has 1 aromatic heterocycles. The second kappa shape index (κ2) is 7.59. The number of benzene rings is 1. The van der Waals surface area contributed by atoms with Gasteiger partial charge in [0.1, 0.15) is 0 Å². The van der Waals surface area contributed by atoms with Crippen LogP contribution in [0.4, 0.5) is 0 Å². The molecule has 120 valence electrons. The van der Waals surface area contributed by atoms with Crippen LogP contribution in [0.2, 0.25) is 0 Å². The van der Waals surface area contributed by atoms with Gasteiger partial charge in [-0.1, -0.05) is 36.8 Å². The van der Waals surface area contributed by atoms with Gasteiger partial charge in [-0.05, 0) is 30.6 Å². The minimum absolute atomic E-state index is 0.317. The lowest BCUT2D eigenvalue weighted by Crippen LogP contribution is -2.53. The van der Waals surface area contributed by atoms with Crippen molar-refractivity contribution < 1.29 is 0 Å². The number of para-hydroxylation sites is 1. The first-order valence-corrected chi connectivity index (χ1v) is 9.07. The summed E-state index contributed by atoms with van der Waals surface area (Å²) in [5.41, 5.74) is 1.34. The minimum Gasteiger partial charge on any atom is -0.301 e. The zero-order chi connectivity index (χ0) is 16.1. The summed E-state index contributed by atoms with van der Waals surface area (Å²) in [6.45, 7) is 8.51. The molecule has 0 radical (unpaired) electrons. The predicted octanol–water partition coefficient (Wildman–Crippen LogP) is 3.15. The van der Waals surface area contributed by atoms with Gasteiger partial charge < -0.3 is 5.01 Å². The lowest BCUT2D eigenvalue weighted by Gasteiger charge is -2.39. The normalized spacial score (nSPS) is 16.5. The Labute approximate surface area is 143 Å². The van der Waals surface area contributed by atoms with Gasteiger partial charge in [0.15, 0.2) is 0 Å². The van der Waals surface area contributed by atoms with E-state index < -0.39 is 0 Å². The molecule has 0 saturated carbocycles. The number of hydrogen-bond acceptors (Lipinski definition) is 3. The first kappa shape index (κ1) is 16.0. The summed E-state index contributed by atoms with van der Waals surface area (Å²) >= 11 is 1.83. The van der Waals surface area contributed by atoms with E-state index in [0.717, 1.165) is 32.6 Å². The average Bonchev–Trinajstić information content (AvgIpc) is 2.56. The monoisotopic (exact) mass is 325 g/mol. The fraction of sp³-hybridized carbons (Fsp3) is 0.474. The van der Waals surface area contributed by atoms with Gasteiger partial charge in [-0.15, -0.1) is 5.92 Å². The van der Waals surface area contributed by atoms with Crippen molar-refractivity contribution in [3.63, 3.8) is 0 Å². The Hall–Kier alpha value is -1.88. The molecule has 0 spiro atoms. The van der Waals surface area contributed by atoms with Crippen molar-refractivity contribution in [3.8, 4) is 23.7 Å². The van der Waals surface area contributed by atoms with Crippen LogP contribution in [0.15, 0.2) is 24.3 Å². The molecule has 1 atom stereocenters. The molecule has 0 amide bonds. The number of hydrogen-bond donors (Lipinski definition) is 0. The molecular formula is C19H23N3S. The summed E-state index contributed by atoms with van der Waals surface area (Å²) < 4.78 is 3.71. The molecule has 1 aromatic carbocycles. The van der Waals surface area contributed by atoms with E-state index in [0.29, 0.717) is 12.5 Å². The van der Waals surface area contributed by atoms with Gasteiger partial charge >= 0.3 is 0 Å². The second-order valence-electron chi connectivity index (χ2n) is 5.70. The number of fused-ring (bicyclic) bond motifs is 1. The molecule has 2 aromatic rings. The van der Waals surface area contributed by atoms with E-state index >= 15 is 0 Å². The fourth-order valence-electron chi connectivity index (χ4n) is 2.81. The smallest absolute Gasteiger partial charge is 0.0930 e. The summed E-state index contributed by atoms with van der Waals surface area (Å²) in [6.07, 6.45) is 1.61. The highest BCUT2D eigenvalue weighted by atomic mass is 32.1. The van der Waals surface area contributed by atoms with Gasteiger partial charge in [-0.25, -0.2) is 4.07 Å². The van der Waals surface area contributed by atoms with Crippen LogP contribution < -0.4 is 5.01 Å². The van der Waals surface area contributed by atoms with Crippen molar-refractivity contribution >= 4 is 21.7 Å². The first-order chi connectivity index (χ1) is 11.3. The van der Waals surface area contributed by atoms with Gasteiger partial charge in [0.2, 0.25) is 0 Å². The highest BCUT2D eigenvalue weighted by molar-refractivity contribution is 7.16.